The lowest BCUT2D eigenvalue weighted by Crippen LogP contribution is -2.45. The van der Waals surface area contributed by atoms with Crippen molar-refractivity contribution in [3.63, 3.8) is 0 Å². The SMILES string of the molecule is CI.Cc1ccc(OCC2CC2)c(C(=O)N2CCCC[C@H]2Cc2nc3c(C)cccn3c2Cl)n1. The summed E-state index contributed by atoms with van der Waals surface area (Å²) in [7, 11) is 0. The largest absolute Gasteiger partial charge is 0.491 e. The number of rotatable bonds is 6. The number of aryl methyl sites for hydroxylation is 2. The van der Waals surface area contributed by atoms with Crippen LogP contribution in [0, 0.1) is 19.8 Å². The van der Waals surface area contributed by atoms with E-state index >= 15 is 0 Å². The molecule has 1 aliphatic heterocycles. The Morgan fingerprint density at radius 2 is 1.94 bits per heavy atom. The van der Waals surface area contributed by atoms with Gasteiger partial charge in [0.1, 0.15) is 10.8 Å². The maximum absolute atomic E-state index is 13.7. The van der Waals surface area contributed by atoms with Crippen LogP contribution in [0.3, 0.4) is 0 Å². The van der Waals surface area contributed by atoms with Crippen molar-refractivity contribution in [3.8, 4) is 5.75 Å². The van der Waals surface area contributed by atoms with Gasteiger partial charge in [-0.1, -0.05) is 40.3 Å². The summed E-state index contributed by atoms with van der Waals surface area (Å²) in [6, 6.07) is 7.84. The molecule has 0 spiro atoms. The van der Waals surface area contributed by atoms with E-state index in [1.165, 1.54) is 12.8 Å². The fourth-order valence-corrected chi connectivity index (χ4v) is 4.75. The van der Waals surface area contributed by atoms with Crippen LogP contribution in [0.5, 0.6) is 5.75 Å². The van der Waals surface area contributed by atoms with Crippen molar-refractivity contribution < 1.29 is 9.53 Å². The molecule has 3 aromatic rings. The van der Waals surface area contributed by atoms with Gasteiger partial charge in [-0.3, -0.25) is 9.20 Å². The van der Waals surface area contributed by atoms with E-state index in [0.717, 1.165) is 41.9 Å². The first-order chi connectivity index (χ1) is 16.5. The van der Waals surface area contributed by atoms with Crippen LogP contribution in [-0.2, 0) is 6.42 Å². The van der Waals surface area contributed by atoms with Crippen molar-refractivity contribution in [2.24, 2.45) is 5.92 Å². The minimum atomic E-state index is -0.0553. The first-order valence-corrected chi connectivity index (χ1v) is 14.5. The maximum atomic E-state index is 13.7. The van der Waals surface area contributed by atoms with E-state index in [1.807, 2.05) is 58.5 Å². The third kappa shape index (κ3) is 5.51. The number of fused-ring (bicyclic) bond motifs is 1. The van der Waals surface area contributed by atoms with Crippen molar-refractivity contribution in [3.05, 3.63) is 58.3 Å². The van der Waals surface area contributed by atoms with Gasteiger partial charge in [-0.05, 0) is 80.6 Å². The van der Waals surface area contributed by atoms with E-state index in [-0.39, 0.29) is 11.9 Å². The molecule has 1 saturated carbocycles. The molecule has 1 amide bonds. The molecule has 34 heavy (non-hydrogen) atoms. The molecule has 182 valence electrons. The number of alkyl halides is 1. The normalized spacial score (nSPS) is 17.9. The molecular formula is C26H32ClIN4O2. The number of aromatic nitrogens is 3. The molecule has 5 rings (SSSR count). The lowest BCUT2D eigenvalue weighted by Gasteiger charge is -2.35. The Kier molecular flexibility index (Phi) is 8.34. The Hall–Kier alpha value is -1.87. The molecule has 0 N–H and O–H groups in total. The minimum absolute atomic E-state index is 0.0394. The van der Waals surface area contributed by atoms with E-state index in [4.69, 9.17) is 21.3 Å². The summed E-state index contributed by atoms with van der Waals surface area (Å²) < 4.78 is 7.93. The van der Waals surface area contributed by atoms with Crippen LogP contribution >= 0.6 is 34.2 Å². The van der Waals surface area contributed by atoms with E-state index in [1.54, 1.807) is 0 Å². The Labute approximate surface area is 220 Å². The van der Waals surface area contributed by atoms with Gasteiger partial charge in [0.15, 0.2) is 11.4 Å². The summed E-state index contributed by atoms with van der Waals surface area (Å²) >= 11 is 8.83. The highest BCUT2D eigenvalue weighted by molar-refractivity contribution is 14.1. The van der Waals surface area contributed by atoms with Gasteiger partial charge >= 0.3 is 0 Å². The molecule has 2 fully saturated rings. The lowest BCUT2D eigenvalue weighted by molar-refractivity contribution is 0.0601. The van der Waals surface area contributed by atoms with Gasteiger partial charge in [-0.2, -0.15) is 0 Å². The number of amides is 1. The smallest absolute Gasteiger partial charge is 0.276 e. The number of piperidine rings is 1. The highest BCUT2D eigenvalue weighted by Gasteiger charge is 2.32. The first-order valence-electron chi connectivity index (χ1n) is 11.9. The first kappa shape index (κ1) is 25.2. The van der Waals surface area contributed by atoms with E-state index in [0.29, 0.717) is 42.1 Å². The highest BCUT2D eigenvalue weighted by atomic mass is 127. The second kappa shape index (κ2) is 11.2. The van der Waals surface area contributed by atoms with Crippen molar-refractivity contribution in [2.45, 2.75) is 58.4 Å². The molecular weight excluding hydrogens is 563 g/mol. The Balaban J connectivity index is 0.00000133. The fourth-order valence-electron chi connectivity index (χ4n) is 4.50. The van der Waals surface area contributed by atoms with Crippen molar-refractivity contribution in [1.82, 2.24) is 19.3 Å². The molecule has 0 radical (unpaired) electrons. The number of pyridine rings is 2. The zero-order valence-electron chi connectivity index (χ0n) is 20.1. The zero-order valence-corrected chi connectivity index (χ0v) is 23.0. The fraction of sp³-hybridized carbons (Fsp3) is 0.500. The molecule has 1 aliphatic carbocycles. The van der Waals surface area contributed by atoms with Gasteiger partial charge < -0.3 is 9.64 Å². The number of imidazole rings is 1. The summed E-state index contributed by atoms with van der Waals surface area (Å²) in [5.41, 5.74) is 4.04. The molecule has 4 heterocycles. The standard InChI is InChI=1S/C25H29ClN4O2.CH3I/c1-16-6-5-13-30-23(26)20(28-24(16)30)14-19-7-3-4-12-29(19)25(31)22-21(11-8-17(2)27-22)32-15-18-9-10-18;1-2/h5-6,8,11,13,18-19H,3-4,7,9-10,12,14-15H2,1-2H3;1H3/t19-;/m0./s1. The quantitative estimate of drug-likeness (QED) is 0.257. The number of carbonyl (C=O) groups excluding carboxylic acids is 1. The average molecular weight is 595 g/mol. The van der Waals surface area contributed by atoms with Gasteiger partial charge in [-0.15, -0.1) is 0 Å². The van der Waals surface area contributed by atoms with Crippen LogP contribution in [0.2, 0.25) is 5.15 Å². The summed E-state index contributed by atoms with van der Waals surface area (Å²) in [5.74, 6) is 1.15. The van der Waals surface area contributed by atoms with E-state index in [9.17, 15) is 4.79 Å². The molecule has 2 aliphatic rings. The van der Waals surface area contributed by atoms with E-state index < -0.39 is 0 Å². The number of hydrogen-bond acceptors (Lipinski definition) is 4. The summed E-state index contributed by atoms with van der Waals surface area (Å²) in [6.07, 6.45) is 7.99. The predicted octanol–water partition coefficient (Wildman–Crippen LogP) is 6.08. The average Bonchev–Trinajstić information content (AvgIpc) is 3.64. The third-order valence-corrected chi connectivity index (χ3v) is 6.94. The molecule has 0 unspecified atom stereocenters. The molecule has 8 heteroatoms. The number of ether oxygens (including phenoxy) is 1. The topological polar surface area (TPSA) is 59.7 Å². The van der Waals surface area contributed by atoms with Gasteiger partial charge in [0, 0.05) is 30.9 Å². The van der Waals surface area contributed by atoms with Gasteiger partial charge in [0.2, 0.25) is 0 Å². The van der Waals surface area contributed by atoms with Crippen LogP contribution in [0.15, 0.2) is 30.5 Å². The minimum Gasteiger partial charge on any atom is -0.491 e. The highest BCUT2D eigenvalue weighted by Crippen LogP contribution is 2.32. The monoisotopic (exact) mass is 594 g/mol. The molecule has 1 saturated heterocycles. The van der Waals surface area contributed by atoms with Crippen LogP contribution in [-0.4, -0.2) is 49.3 Å². The zero-order chi connectivity index (χ0) is 24.2. The molecule has 6 nitrogen and oxygen atoms in total. The number of hydrogen-bond donors (Lipinski definition) is 0. The van der Waals surface area contributed by atoms with Crippen LogP contribution in [0.1, 0.15) is 59.5 Å². The number of halogens is 2. The summed E-state index contributed by atoms with van der Waals surface area (Å²) in [6.45, 7) is 5.31. The predicted molar refractivity (Wildman–Crippen MR) is 144 cm³/mol. The Morgan fingerprint density at radius 3 is 2.68 bits per heavy atom. The van der Waals surface area contributed by atoms with Gasteiger partial charge in [0.05, 0.1) is 12.3 Å². The lowest BCUT2D eigenvalue weighted by atomic mass is 9.97. The van der Waals surface area contributed by atoms with Crippen LogP contribution < -0.4 is 4.74 Å². The molecule has 0 aromatic carbocycles. The third-order valence-electron chi connectivity index (χ3n) is 6.54. The Morgan fingerprint density at radius 1 is 1.15 bits per heavy atom. The maximum Gasteiger partial charge on any atom is 0.276 e. The van der Waals surface area contributed by atoms with Crippen molar-refractivity contribution in [2.75, 3.05) is 18.1 Å². The van der Waals surface area contributed by atoms with Crippen molar-refractivity contribution in [1.29, 1.82) is 0 Å². The second-order valence-electron chi connectivity index (χ2n) is 9.14. The number of carbonyl (C=O) groups is 1. The van der Waals surface area contributed by atoms with Gasteiger partial charge in [-0.25, -0.2) is 9.97 Å². The second-order valence-corrected chi connectivity index (χ2v) is 9.50. The molecule has 0 bridgehead atoms. The molecule has 1 atom stereocenters. The van der Waals surface area contributed by atoms with E-state index in [2.05, 4.69) is 27.6 Å². The number of nitrogens with zero attached hydrogens (tertiary/aromatic N) is 4. The molecule has 3 aromatic heterocycles. The van der Waals surface area contributed by atoms with Crippen LogP contribution in [0.25, 0.3) is 5.65 Å². The van der Waals surface area contributed by atoms with Gasteiger partial charge in [0.25, 0.3) is 5.91 Å². The summed E-state index contributed by atoms with van der Waals surface area (Å²) in [5, 5.41) is 0.629. The van der Waals surface area contributed by atoms with Crippen LogP contribution in [0.4, 0.5) is 0 Å². The Bertz CT molecular complexity index is 1160. The van der Waals surface area contributed by atoms with Crippen molar-refractivity contribution >= 4 is 45.7 Å². The number of likely N-dealkylation sites (tertiary alicyclic amines) is 1. The summed E-state index contributed by atoms with van der Waals surface area (Å²) in [4.78, 5) is 27.0.